The maximum Gasteiger partial charge on any atom is 0.0558 e. The van der Waals surface area contributed by atoms with Gasteiger partial charge in [-0.25, -0.2) is 0 Å². The van der Waals surface area contributed by atoms with Crippen LogP contribution in [0.4, 0.5) is 0 Å². The Morgan fingerprint density at radius 3 is 2.67 bits per heavy atom. The number of rotatable bonds is 7. The standard InChI is InChI=1S/C17H23N3O/c1-14(2)17-7-3-6-16(19-17)13-20(9-10-21)12-15-5-4-8-18-11-15/h3-8,11,14,21H,9-10,12-13H2,1-2H3. The Labute approximate surface area is 126 Å². The highest BCUT2D eigenvalue weighted by molar-refractivity contribution is 5.14. The largest absolute Gasteiger partial charge is 0.395 e. The number of pyridine rings is 2. The molecule has 1 N–H and O–H groups in total. The summed E-state index contributed by atoms with van der Waals surface area (Å²) in [5.74, 6) is 0.426. The molecule has 0 aliphatic carbocycles. The third-order valence-corrected chi connectivity index (χ3v) is 3.35. The number of nitrogens with zero attached hydrogens (tertiary/aromatic N) is 3. The summed E-state index contributed by atoms with van der Waals surface area (Å²) in [5.41, 5.74) is 3.29. The van der Waals surface area contributed by atoms with Crippen molar-refractivity contribution in [2.75, 3.05) is 13.2 Å². The number of aromatic nitrogens is 2. The fourth-order valence-electron chi connectivity index (χ4n) is 2.24. The Bertz CT molecular complexity index is 543. The number of aliphatic hydroxyl groups excluding tert-OH is 1. The van der Waals surface area contributed by atoms with Gasteiger partial charge in [0, 0.05) is 37.7 Å². The van der Waals surface area contributed by atoms with E-state index >= 15 is 0 Å². The van der Waals surface area contributed by atoms with Gasteiger partial charge in [0.15, 0.2) is 0 Å². The van der Waals surface area contributed by atoms with Crippen LogP contribution in [-0.2, 0) is 13.1 Å². The number of hydrogen-bond donors (Lipinski definition) is 1. The first-order chi connectivity index (χ1) is 10.2. The zero-order valence-corrected chi connectivity index (χ0v) is 12.7. The molecule has 0 spiro atoms. The van der Waals surface area contributed by atoms with Crippen LogP contribution in [0.3, 0.4) is 0 Å². The van der Waals surface area contributed by atoms with Gasteiger partial charge in [-0.15, -0.1) is 0 Å². The van der Waals surface area contributed by atoms with Gasteiger partial charge in [0.25, 0.3) is 0 Å². The molecule has 0 fully saturated rings. The van der Waals surface area contributed by atoms with E-state index in [0.29, 0.717) is 12.5 Å². The van der Waals surface area contributed by atoms with Gasteiger partial charge >= 0.3 is 0 Å². The highest BCUT2D eigenvalue weighted by atomic mass is 16.3. The lowest BCUT2D eigenvalue weighted by Gasteiger charge is -2.21. The lowest BCUT2D eigenvalue weighted by molar-refractivity contribution is 0.182. The smallest absolute Gasteiger partial charge is 0.0558 e. The summed E-state index contributed by atoms with van der Waals surface area (Å²) in [4.78, 5) is 11.0. The normalized spacial score (nSPS) is 11.3. The maximum absolute atomic E-state index is 9.26. The molecule has 2 aromatic rings. The molecule has 4 nitrogen and oxygen atoms in total. The fraction of sp³-hybridized carbons (Fsp3) is 0.412. The van der Waals surface area contributed by atoms with E-state index < -0.39 is 0 Å². The van der Waals surface area contributed by atoms with Gasteiger partial charge in [0.05, 0.1) is 12.3 Å². The molecular weight excluding hydrogens is 262 g/mol. The van der Waals surface area contributed by atoms with E-state index in [2.05, 4.69) is 41.9 Å². The Balaban J connectivity index is 2.07. The minimum Gasteiger partial charge on any atom is -0.395 e. The van der Waals surface area contributed by atoms with Gasteiger partial charge in [0.1, 0.15) is 0 Å². The van der Waals surface area contributed by atoms with Crippen LogP contribution in [0.1, 0.15) is 36.7 Å². The number of hydrogen-bond acceptors (Lipinski definition) is 4. The average Bonchev–Trinajstić information content (AvgIpc) is 2.49. The molecule has 21 heavy (non-hydrogen) atoms. The summed E-state index contributed by atoms with van der Waals surface area (Å²) in [6, 6.07) is 10.1. The Kier molecular flexibility index (Phi) is 5.84. The lowest BCUT2D eigenvalue weighted by atomic mass is 10.1. The zero-order valence-electron chi connectivity index (χ0n) is 12.7. The SMILES string of the molecule is CC(C)c1cccc(CN(CCO)Cc2cccnc2)n1. The minimum atomic E-state index is 0.143. The first-order valence-corrected chi connectivity index (χ1v) is 7.37. The van der Waals surface area contributed by atoms with Crippen molar-refractivity contribution in [3.05, 3.63) is 59.7 Å². The second kappa shape index (κ2) is 7.86. The van der Waals surface area contributed by atoms with Crippen LogP contribution in [0.2, 0.25) is 0 Å². The third kappa shape index (κ3) is 4.92. The maximum atomic E-state index is 9.26. The van der Waals surface area contributed by atoms with Gasteiger partial charge in [-0.2, -0.15) is 0 Å². The van der Waals surface area contributed by atoms with Crippen molar-refractivity contribution >= 4 is 0 Å². The highest BCUT2D eigenvalue weighted by Gasteiger charge is 2.09. The van der Waals surface area contributed by atoms with Crippen molar-refractivity contribution in [3.63, 3.8) is 0 Å². The molecule has 0 saturated carbocycles. The molecule has 4 heteroatoms. The second-order valence-electron chi connectivity index (χ2n) is 5.50. The van der Waals surface area contributed by atoms with Crippen molar-refractivity contribution < 1.29 is 5.11 Å². The zero-order chi connectivity index (χ0) is 15.1. The average molecular weight is 285 g/mol. The van der Waals surface area contributed by atoms with Crippen LogP contribution in [0.5, 0.6) is 0 Å². The van der Waals surface area contributed by atoms with Gasteiger partial charge < -0.3 is 5.11 Å². The van der Waals surface area contributed by atoms with Gasteiger partial charge in [-0.3, -0.25) is 14.9 Å². The lowest BCUT2D eigenvalue weighted by Crippen LogP contribution is -2.26. The van der Waals surface area contributed by atoms with E-state index in [1.807, 2.05) is 18.3 Å². The van der Waals surface area contributed by atoms with Crippen molar-refractivity contribution in [2.24, 2.45) is 0 Å². The predicted molar refractivity (Wildman–Crippen MR) is 83.8 cm³/mol. The summed E-state index contributed by atoms with van der Waals surface area (Å²) < 4.78 is 0. The van der Waals surface area contributed by atoms with Crippen molar-refractivity contribution in [3.8, 4) is 0 Å². The summed E-state index contributed by atoms with van der Waals surface area (Å²) >= 11 is 0. The minimum absolute atomic E-state index is 0.143. The monoisotopic (exact) mass is 285 g/mol. The van der Waals surface area contributed by atoms with E-state index in [1.54, 1.807) is 6.20 Å². The molecule has 2 heterocycles. The van der Waals surface area contributed by atoms with Gasteiger partial charge in [-0.1, -0.05) is 26.0 Å². The van der Waals surface area contributed by atoms with Crippen molar-refractivity contribution in [1.29, 1.82) is 0 Å². The van der Waals surface area contributed by atoms with Crippen LogP contribution >= 0.6 is 0 Å². The molecule has 0 radical (unpaired) electrons. The Hall–Kier alpha value is -1.78. The van der Waals surface area contributed by atoms with Gasteiger partial charge in [-0.05, 0) is 29.7 Å². The molecule has 0 aromatic carbocycles. The molecule has 0 unspecified atom stereocenters. The molecular formula is C17H23N3O. The number of aliphatic hydroxyl groups is 1. The topological polar surface area (TPSA) is 49.2 Å². The highest BCUT2D eigenvalue weighted by Crippen LogP contribution is 2.13. The second-order valence-corrected chi connectivity index (χ2v) is 5.50. The molecule has 2 rings (SSSR count). The van der Waals surface area contributed by atoms with E-state index in [-0.39, 0.29) is 6.61 Å². The van der Waals surface area contributed by atoms with Crippen molar-refractivity contribution in [1.82, 2.24) is 14.9 Å². The first kappa shape index (κ1) is 15.6. The first-order valence-electron chi connectivity index (χ1n) is 7.37. The molecule has 0 amide bonds. The summed E-state index contributed by atoms with van der Waals surface area (Å²) in [6.45, 7) is 6.56. The van der Waals surface area contributed by atoms with Crippen molar-refractivity contribution in [2.45, 2.75) is 32.9 Å². The van der Waals surface area contributed by atoms with E-state index in [1.165, 1.54) is 0 Å². The van der Waals surface area contributed by atoms with Crippen LogP contribution < -0.4 is 0 Å². The molecule has 112 valence electrons. The summed E-state index contributed by atoms with van der Waals surface area (Å²) in [6.07, 6.45) is 3.63. The van der Waals surface area contributed by atoms with E-state index in [0.717, 1.165) is 30.0 Å². The van der Waals surface area contributed by atoms with Crippen LogP contribution in [0.15, 0.2) is 42.7 Å². The van der Waals surface area contributed by atoms with Crippen LogP contribution in [-0.4, -0.2) is 33.1 Å². The van der Waals surface area contributed by atoms with E-state index in [4.69, 9.17) is 4.98 Å². The van der Waals surface area contributed by atoms with E-state index in [9.17, 15) is 5.11 Å². The Morgan fingerprint density at radius 2 is 2.00 bits per heavy atom. The summed E-state index contributed by atoms with van der Waals surface area (Å²) in [7, 11) is 0. The molecule has 0 atom stereocenters. The molecule has 0 saturated heterocycles. The van der Waals surface area contributed by atoms with Gasteiger partial charge in [0.2, 0.25) is 0 Å². The molecule has 0 aliphatic rings. The predicted octanol–water partition coefficient (Wildman–Crippen LogP) is 2.59. The Morgan fingerprint density at radius 1 is 1.14 bits per heavy atom. The summed E-state index contributed by atoms with van der Waals surface area (Å²) in [5, 5.41) is 9.26. The fourth-order valence-corrected chi connectivity index (χ4v) is 2.24. The third-order valence-electron chi connectivity index (χ3n) is 3.35. The molecule has 0 aliphatic heterocycles. The van der Waals surface area contributed by atoms with Crippen LogP contribution in [0, 0.1) is 0 Å². The molecule has 0 bridgehead atoms. The molecule has 2 aromatic heterocycles. The quantitative estimate of drug-likeness (QED) is 0.849. The van der Waals surface area contributed by atoms with Crippen LogP contribution in [0.25, 0.3) is 0 Å².